The van der Waals surface area contributed by atoms with Crippen LogP contribution in [0.2, 0.25) is 0 Å². The van der Waals surface area contributed by atoms with Crippen LogP contribution < -0.4 is 0 Å². The monoisotopic (exact) mass is 223 g/mol. The van der Waals surface area contributed by atoms with Gasteiger partial charge in [0.05, 0.1) is 0 Å². The molecule has 0 spiro atoms. The summed E-state index contributed by atoms with van der Waals surface area (Å²) in [5.74, 6) is -0.0303. The van der Waals surface area contributed by atoms with Gasteiger partial charge in [-0.1, -0.05) is 18.2 Å². The highest BCUT2D eigenvalue weighted by atomic mass is 19.1. The number of carbonyl (C=O) groups excluding carboxylic acids is 1. The van der Waals surface area contributed by atoms with Crippen LogP contribution in [-0.4, -0.2) is 24.3 Å². The first-order valence-corrected chi connectivity index (χ1v) is 5.46. The molecule has 1 rings (SSSR count). The molecule has 0 saturated carbocycles. The molecule has 0 radical (unpaired) electrons. The molecule has 1 atom stereocenters. The highest BCUT2D eigenvalue weighted by Crippen LogP contribution is 2.21. The van der Waals surface area contributed by atoms with Crippen molar-refractivity contribution in [1.29, 1.82) is 0 Å². The van der Waals surface area contributed by atoms with E-state index in [0.29, 0.717) is 18.5 Å². The molecule has 0 heterocycles. The Labute approximate surface area is 96.1 Å². The average Bonchev–Trinajstić information content (AvgIpc) is 2.25. The fourth-order valence-electron chi connectivity index (χ4n) is 1.58. The molecule has 3 heteroatoms. The lowest BCUT2D eigenvalue weighted by Crippen LogP contribution is -2.25. The predicted octanol–water partition coefficient (Wildman–Crippen LogP) is 2.80. The lowest BCUT2D eigenvalue weighted by atomic mass is 10.1. The standard InChI is InChI=1S/C13H18FNO/c1-10(16)8-9-15(3)11(2)12-6-4-5-7-13(12)14/h4-7,11H,8-9H2,1-3H3. The molecular weight excluding hydrogens is 205 g/mol. The van der Waals surface area contributed by atoms with Crippen LogP contribution >= 0.6 is 0 Å². The fourth-order valence-corrected chi connectivity index (χ4v) is 1.58. The molecule has 0 bridgehead atoms. The maximum absolute atomic E-state index is 13.5. The summed E-state index contributed by atoms with van der Waals surface area (Å²) in [5.41, 5.74) is 0.675. The van der Waals surface area contributed by atoms with Crippen LogP contribution in [0.5, 0.6) is 0 Å². The smallest absolute Gasteiger partial charge is 0.131 e. The molecular formula is C13H18FNO. The van der Waals surface area contributed by atoms with Crippen molar-refractivity contribution in [3.63, 3.8) is 0 Å². The van der Waals surface area contributed by atoms with Crippen LogP contribution in [-0.2, 0) is 4.79 Å². The summed E-state index contributed by atoms with van der Waals surface area (Å²) in [7, 11) is 1.90. The molecule has 0 aliphatic carbocycles. The van der Waals surface area contributed by atoms with Crippen molar-refractivity contribution >= 4 is 5.78 Å². The Morgan fingerprint density at radius 2 is 2.06 bits per heavy atom. The number of carbonyl (C=O) groups is 1. The van der Waals surface area contributed by atoms with Crippen molar-refractivity contribution in [3.05, 3.63) is 35.6 Å². The number of benzene rings is 1. The minimum absolute atomic E-state index is 0.0134. The van der Waals surface area contributed by atoms with E-state index in [9.17, 15) is 9.18 Å². The van der Waals surface area contributed by atoms with E-state index in [4.69, 9.17) is 0 Å². The van der Waals surface area contributed by atoms with Crippen molar-refractivity contribution in [3.8, 4) is 0 Å². The summed E-state index contributed by atoms with van der Waals surface area (Å²) in [4.78, 5) is 12.9. The quantitative estimate of drug-likeness (QED) is 0.765. The minimum Gasteiger partial charge on any atom is -0.300 e. The molecule has 0 aliphatic rings. The van der Waals surface area contributed by atoms with Gasteiger partial charge >= 0.3 is 0 Å². The SMILES string of the molecule is CC(=O)CCN(C)C(C)c1ccccc1F. The summed E-state index contributed by atoms with van der Waals surface area (Å²) in [6, 6.07) is 6.74. The third-order valence-corrected chi connectivity index (χ3v) is 2.83. The van der Waals surface area contributed by atoms with E-state index in [0.717, 1.165) is 0 Å². The van der Waals surface area contributed by atoms with Gasteiger partial charge in [-0.25, -0.2) is 4.39 Å². The van der Waals surface area contributed by atoms with Crippen LogP contribution in [0.3, 0.4) is 0 Å². The zero-order chi connectivity index (χ0) is 12.1. The third-order valence-electron chi connectivity index (χ3n) is 2.83. The second-order valence-electron chi connectivity index (χ2n) is 4.13. The van der Waals surface area contributed by atoms with Gasteiger partial charge in [0.1, 0.15) is 11.6 Å². The number of ketones is 1. The Hall–Kier alpha value is -1.22. The molecule has 2 nitrogen and oxygen atoms in total. The summed E-state index contributed by atoms with van der Waals surface area (Å²) in [6.45, 7) is 4.17. The van der Waals surface area contributed by atoms with Crippen LogP contribution in [0.1, 0.15) is 31.9 Å². The van der Waals surface area contributed by atoms with Gasteiger partial charge in [-0.2, -0.15) is 0 Å². The van der Waals surface area contributed by atoms with Gasteiger partial charge in [0, 0.05) is 24.6 Å². The van der Waals surface area contributed by atoms with Crippen LogP contribution in [0.4, 0.5) is 4.39 Å². The second kappa shape index (κ2) is 5.75. The number of rotatable bonds is 5. The van der Waals surface area contributed by atoms with Gasteiger partial charge in [-0.3, -0.25) is 9.69 Å². The van der Waals surface area contributed by atoms with E-state index in [1.807, 2.05) is 24.9 Å². The first-order valence-electron chi connectivity index (χ1n) is 5.46. The molecule has 0 fully saturated rings. The van der Waals surface area contributed by atoms with Crippen LogP contribution in [0, 0.1) is 5.82 Å². The maximum atomic E-state index is 13.5. The van der Waals surface area contributed by atoms with Crippen LogP contribution in [0.25, 0.3) is 0 Å². The first kappa shape index (κ1) is 12.8. The van der Waals surface area contributed by atoms with Gasteiger partial charge in [-0.05, 0) is 27.0 Å². The van der Waals surface area contributed by atoms with Gasteiger partial charge in [0.25, 0.3) is 0 Å². The molecule has 16 heavy (non-hydrogen) atoms. The molecule has 0 amide bonds. The summed E-state index contributed by atoms with van der Waals surface area (Å²) >= 11 is 0. The van der Waals surface area contributed by atoms with E-state index in [1.165, 1.54) is 6.07 Å². The van der Waals surface area contributed by atoms with Gasteiger partial charge in [0.15, 0.2) is 0 Å². The molecule has 0 aromatic heterocycles. The van der Waals surface area contributed by atoms with Crippen LogP contribution in [0.15, 0.2) is 24.3 Å². The number of hydrogen-bond acceptors (Lipinski definition) is 2. The number of nitrogens with zero attached hydrogens (tertiary/aromatic N) is 1. The van der Waals surface area contributed by atoms with Gasteiger partial charge in [0.2, 0.25) is 0 Å². The number of halogens is 1. The second-order valence-corrected chi connectivity index (χ2v) is 4.13. The van der Waals surface area contributed by atoms with E-state index in [2.05, 4.69) is 0 Å². The Morgan fingerprint density at radius 1 is 1.44 bits per heavy atom. The predicted molar refractivity (Wildman–Crippen MR) is 62.7 cm³/mol. The zero-order valence-electron chi connectivity index (χ0n) is 10.0. The Kier molecular flexibility index (Phi) is 4.62. The Bertz CT molecular complexity index is 365. The van der Waals surface area contributed by atoms with Crippen molar-refractivity contribution in [2.75, 3.05) is 13.6 Å². The number of Topliss-reactive ketones (excluding diaryl/α,β-unsaturated/α-hetero) is 1. The highest BCUT2D eigenvalue weighted by molar-refractivity contribution is 5.75. The summed E-state index contributed by atoms with van der Waals surface area (Å²) in [6.07, 6.45) is 0.509. The van der Waals surface area contributed by atoms with Gasteiger partial charge in [-0.15, -0.1) is 0 Å². The molecule has 0 N–H and O–H groups in total. The first-order chi connectivity index (χ1) is 7.52. The summed E-state index contributed by atoms with van der Waals surface area (Å²) < 4.78 is 13.5. The molecule has 88 valence electrons. The molecule has 1 unspecified atom stereocenters. The van der Waals surface area contributed by atoms with E-state index < -0.39 is 0 Å². The lowest BCUT2D eigenvalue weighted by molar-refractivity contribution is -0.117. The van der Waals surface area contributed by atoms with Crippen molar-refractivity contribution < 1.29 is 9.18 Å². The topological polar surface area (TPSA) is 20.3 Å². The molecule has 0 aliphatic heterocycles. The fraction of sp³-hybridized carbons (Fsp3) is 0.462. The van der Waals surface area contributed by atoms with E-state index in [1.54, 1.807) is 19.1 Å². The Balaban J connectivity index is 2.66. The normalized spacial score (nSPS) is 12.8. The largest absolute Gasteiger partial charge is 0.300 e. The summed E-state index contributed by atoms with van der Waals surface area (Å²) in [5, 5.41) is 0. The minimum atomic E-state index is -0.190. The Morgan fingerprint density at radius 3 is 2.62 bits per heavy atom. The molecule has 1 aromatic rings. The third kappa shape index (κ3) is 3.42. The number of hydrogen-bond donors (Lipinski definition) is 0. The van der Waals surface area contributed by atoms with Gasteiger partial charge < -0.3 is 0 Å². The zero-order valence-corrected chi connectivity index (χ0v) is 10.0. The van der Waals surface area contributed by atoms with E-state index >= 15 is 0 Å². The molecule has 1 aromatic carbocycles. The maximum Gasteiger partial charge on any atom is 0.131 e. The molecule has 0 saturated heterocycles. The van der Waals surface area contributed by atoms with E-state index in [-0.39, 0.29) is 17.6 Å². The lowest BCUT2D eigenvalue weighted by Gasteiger charge is -2.24. The van der Waals surface area contributed by atoms with Crippen molar-refractivity contribution in [2.24, 2.45) is 0 Å². The average molecular weight is 223 g/mol. The highest BCUT2D eigenvalue weighted by Gasteiger charge is 2.14. The van der Waals surface area contributed by atoms with Crippen molar-refractivity contribution in [2.45, 2.75) is 26.3 Å². The van der Waals surface area contributed by atoms with Crippen molar-refractivity contribution in [1.82, 2.24) is 4.90 Å².